The average molecular weight is 252 g/mol. The number of carbonyl (C=O) groups is 1. The van der Waals surface area contributed by atoms with E-state index in [1.165, 1.54) is 12.1 Å². The van der Waals surface area contributed by atoms with E-state index in [4.69, 9.17) is 4.74 Å². The van der Waals surface area contributed by atoms with Crippen LogP contribution in [0.2, 0.25) is 0 Å². The van der Waals surface area contributed by atoms with Crippen molar-refractivity contribution in [3.05, 3.63) is 33.9 Å². The largest absolute Gasteiger partial charge is 0.369 e. The van der Waals surface area contributed by atoms with Gasteiger partial charge in [0.2, 0.25) is 5.91 Å². The first-order valence-corrected chi connectivity index (χ1v) is 5.56. The number of aryl methyl sites for hydroxylation is 1. The van der Waals surface area contributed by atoms with E-state index in [9.17, 15) is 14.9 Å². The Morgan fingerprint density at radius 1 is 1.50 bits per heavy atom. The maximum Gasteiger partial charge on any atom is 0.271 e. The molecule has 0 aliphatic rings. The Hall–Kier alpha value is -1.95. The van der Waals surface area contributed by atoms with Gasteiger partial charge in [-0.15, -0.1) is 0 Å². The number of nitrogens with one attached hydrogen (secondary N) is 1. The zero-order chi connectivity index (χ0) is 13.7. The van der Waals surface area contributed by atoms with E-state index >= 15 is 0 Å². The van der Waals surface area contributed by atoms with Gasteiger partial charge in [-0.1, -0.05) is 6.07 Å². The highest BCUT2D eigenvalue weighted by Gasteiger charge is 2.11. The van der Waals surface area contributed by atoms with E-state index in [1.807, 2.05) is 13.8 Å². The molecule has 18 heavy (non-hydrogen) atoms. The number of nitro benzene ring substituents is 1. The van der Waals surface area contributed by atoms with E-state index in [2.05, 4.69) is 5.32 Å². The molecule has 1 aromatic carbocycles. The molecule has 1 amide bonds. The summed E-state index contributed by atoms with van der Waals surface area (Å²) in [4.78, 5) is 21.7. The number of non-ortho nitro benzene ring substituents is 1. The summed E-state index contributed by atoms with van der Waals surface area (Å²) < 4.78 is 5.15. The number of hydrogen-bond acceptors (Lipinski definition) is 4. The zero-order valence-corrected chi connectivity index (χ0v) is 10.6. The van der Waals surface area contributed by atoms with E-state index in [-0.39, 0.29) is 24.3 Å². The highest BCUT2D eigenvalue weighted by atomic mass is 16.6. The molecular formula is C12H16N2O4. The minimum atomic E-state index is -0.500. The van der Waals surface area contributed by atoms with Crippen molar-refractivity contribution in [3.8, 4) is 0 Å². The van der Waals surface area contributed by atoms with Gasteiger partial charge in [-0.3, -0.25) is 14.9 Å². The molecule has 0 saturated heterocycles. The van der Waals surface area contributed by atoms with Gasteiger partial charge in [0, 0.05) is 12.1 Å². The minimum absolute atomic E-state index is 0.0399. The second kappa shape index (κ2) is 6.11. The molecule has 0 spiro atoms. The van der Waals surface area contributed by atoms with Crippen molar-refractivity contribution in [2.45, 2.75) is 26.9 Å². The predicted molar refractivity (Wildman–Crippen MR) is 67.6 cm³/mol. The van der Waals surface area contributed by atoms with Gasteiger partial charge in [-0.2, -0.15) is 0 Å². The van der Waals surface area contributed by atoms with Gasteiger partial charge in [-0.05, 0) is 26.3 Å². The van der Waals surface area contributed by atoms with Crippen molar-refractivity contribution in [2.24, 2.45) is 0 Å². The molecule has 0 radical (unpaired) electrons. The molecule has 0 saturated carbocycles. The Bertz CT molecular complexity index is 457. The summed E-state index contributed by atoms with van der Waals surface area (Å²) in [6.07, 6.45) is -0.0399. The van der Waals surface area contributed by atoms with Gasteiger partial charge in [0.1, 0.15) is 6.61 Å². The van der Waals surface area contributed by atoms with Gasteiger partial charge < -0.3 is 10.1 Å². The number of rotatable bonds is 5. The van der Waals surface area contributed by atoms with E-state index in [0.29, 0.717) is 5.69 Å². The maximum atomic E-state index is 11.5. The monoisotopic (exact) mass is 252 g/mol. The third-order valence-corrected chi connectivity index (χ3v) is 2.25. The first-order chi connectivity index (χ1) is 8.40. The lowest BCUT2D eigenvalue weighted by atomic mass is 10.2. The predicted octanol–water partition coefficient (Wildman–Crippen LogP) is 2.27. The fourth-order valence-corrected chi connectivity index (χ4v) is 1.29. The summed E-state index contributed by atoms with van der Waals surface area (Å²) in [5.41, 5.74) is 1.14. The highest BCUT2D eigenvalue weighted by Crippen LogP contribution is 2.21. The lowest BCUT2D eigenvalue weighted by molar-refractivity contribution is -0.384. The van der Waals surface area contributed by atoms with Crippen molar-refractivity contribution in [3.63, 3.8) is 0 Å². The standard InChI is InChI=1S/C12H16N2O4/c1-8(2)18-7-12(15)13-11-6-10(14(16)17)5-4-9(11)3/h4-6,8H,7H2,1-3H3,(H,13,15). The summed E-state index contributed by atoms with van der Waals surface area (Å²) in [6, 6.07) is 4.33. The van der Waals surface area contributed by atoms with Crippen LogP contribution in [0.5, 0.6) is 0 Å². The lowest BCUT2D eigenvalue weighted by Crippen LogP contribution is -2.21. The van der Waals surface area contributed by atoms with E-state index in [0.717, 1.165) is 5.56 Å². The SMILES string of the molecule is Cc1ccc([N+](=O)[O-])cc1NC(=O)COC(C)C. The number of benzene rings is 1. The Kier molecular flexibility index (Phi) is 4.79. The number of ether oxygens (including phenoxy) is 1. The highest BCUT2D eigenvalue weighted by molar-refractivity contribution is 5.92. The van der Waals surface area contributed by atoms with Crippen molar-refractivity contribution >= 4 is 17.3 Å². The first kappa shape index (κ1) is 14.1. The number of amides is 1. The molecule has 1 N–H and O–H groups in total. The zero-order valence-electron chi connectivity index (χ0n) is 10.6. The van der Waals surface area contributed by atoms with Crippen LogP contribution >= 0.6 is 0 Å². The van der Waals surface area contributed by atoms with Crippen LogP contribution in [-0.4, -0.2) is 23.5 Å². The van der Waals surface area contributed by atoms with Crippen LogP contribution in [0.3, 0.4) is 0 Å². The van der Waals surface area contributed by atoms with Crippen LogP contribution < -0.4 is 5.32 Å². The van der Waals surface area contributed by atoms with Crippen molar-refractivity contribution in [1.82, 2.24) is 0 Å². The molecule has 6 heteroatoms. The molecule has 0 heterocycles. The Balaban J connectivity index is 2.74. The fourth-order valence-electron chi connectivity index (χ4n) is 1.29. The molecule has 1 aromatic rings. The van der Waals surface area contributed by atoms with Gasteiger partial charge in [0.15, 0.2) is 0 Å². The average Bonchev–Trinajstić information content (AvgIpc) is 2.29. The summed E-state index contributed by atoms with van der Waals surface area (Å²) >= 11 is 0. The van der Waals surface area contributed by atoms with Crippen molar-refractivity contribution in [1.29, 1.82) is 0 Å². The summed E-state index contributed by atoms with van der Waals surface area (Å²) in [6.45, 7) is 5.35. The molecule has 0 unspecified atom stereocenters. The van der Waals surface area contributed by atoms with E-state index in [1.54, 1.807) is 13.0 Å². The lowest BCUT2D eigenvalue weighted by Gasteiger charge is -2.10. The quantitative estimate of drug-likeness (QED) is 0.643. The van der Waals surface area contributed by atoms with Gasteiger partial charge in [0.25, 0.3) is 5.69 Å². The van der Waals surface area contributed by atoms with Crippen molar-refractivity contribution in [2.75, 3.05) is 11.9 Å². The number of carbonyl (C=O) groups excluding carboxylic acids is 1. The molecule has 0 fully saturated rings. The Morgan fingerprint density at radius 3 is 2.72 bits per heavy atom. The Labute approximate surface area is 105 Å². The van der Waals surface area contributed by atoms with Crippen LogP contribution in [0.1, 0.15) is 19.4 Å². The molecule has 98 valence electrons. The van der Waals surface area contributed by atoms with Crippen LogP contribution in [-0.2, 0) is 9.53 Å². The summed E-state index contributed by atoms with van der Waals surface area (Å²) in [5.74, 6) is -0.327. The molecule has 0 aliphatic heterocycles. The number of nitro groups is 1. The van der Waals surface area contributed by atoms with Gasteiger partial charge in [0.05, 0.1) is 16.7 Å². The molecule has 0 bridgehead atoms. The third-order valence-electron chi connectivity index (χ3n) is 2.25. The van der Waals surface area contributed by atoms with Crippen molar-refractivity contribution < 1.29 is 14.5 Å². The topological polar surface area (TPSA) is 81.5 Å². The summed E-state index contributed by atoms with van der Waals surface area (Å²) in [5, 5.41) is 13.2. The number of anilines is 1. The number of nitrogens with zero attached hydrogens (tertiary/aromatic N) is 1. The second-order valence-electron chi connectivity index (χ2n) is 4.16. The first-order valence-electron chi connectivity index (χ1n) is 5.56. The summed E-state index contributed by atoms with van der Waals surface area (Å²) in [7, 11) is 0. The van der Waals surface area contributed by atoms with E-state index < -0.39 is 4.92 Å². The molecular weight excluding hydrogens is 236 g/mol. The van der Waals surface area contributed by atoms with Crippen LogP contribution in [0, 0.1) is 17.0 Å². The molecule has 0 aliphatic carbocycles. The van der Waals surface area contributed by atoms with Gasteiger partial charge >= 0.3 is 0 Å². The number of hydrogen-bond donors (Lipinski definition) is 1. The molecule has 0 aromatic heterocycles. The maximum absolute atomic E-state index is 11.5. The molecule has 1 rings (SSSR count). The molecule has 0 atom stereocenters. The third kappa shape index (κ3) is 4.14. The minimum Gasteiger partial charge on any atom is -0.369 e. The van der Waals surface area contributed by atoms with Crippen LogP contribution in [0.25, 0.3) is 0 Å². The Morgan fingerprint density at radius 2 is 2.17 bits per heavy atom. The van der Waals surface area contributed by atoms with Crippen LogP contribution in [0.15, 0.2) is 18.2 Å². The second-order valence-corrected chi connectivity index (χ2v) is 4.16. The van der Waals surface area contributed by atoms with Gasteiger partial charge in [-0.25, -0.2) is 0 Å². The molecule has 6 nitrogen and oxygen atoms in total. The fraction of sp³-hybridized carbons (Fsp3) is 0.417. The normalized spacial score (nSPS) is 10.4. The smallest absolute Gasteiger partial charge is 0.271 e. The van der Waals surface area contributed by atoms with Crippen LogP contribution in [0.4, 0.5) is 11.4 Å².